The Morgan fingerprint density at radius 3 is 2.32 bits per heavy atom. The lowest BCUT2D eigenvalue weighted by Gasteiger charge is -2.17. The van der Waals surface area contributed by atoms with Gasteiger partial charge in [-0.3, -0.25) is 13.9 Å². The minimum Gasteiger partial charge on any atom is -0.394 e. The van der Waals surface area contributed by atoms with Crippen LogP contribution in [0.2, 0.25) is 0 Å². The van der Waals surface area contributed by atoms with Crippen molar-refractivity contribution >= 4 is 0 Å². The van der Waals surface area contributed by atoms with Crippen LogP contribution in [0, 0.1) is 22.7 Å². The molecule has 1 saturated heterocycles. The molecule has 10 heteroatoms. The number of hydrogen-bond donors (Lipinski definition) is 3. The van der Waals surface area contributed by atoms with Crippen LogP contribution in [0.5, 0.6) is 0 Å². The van der Waals surface area contributed by atoms with Gasteiger partial charge < -0.3 is 20.1 Å². The van der Waals surface area contributed by atoms with Crippen LogP contribution in [0.3, 0.4) is 0 Å². The Balaban J connectivity index is 2.54. The number of ether oxygens (including phenoxy) is 1. The number of aliphatic hydroxyl groups is 3. The zero-order chi connectivity index (χ0) is 18.6. The largest absolute Gasteiger partial charge is 0.394 e. The SMILES string of the molecule is N#CCCn1cc([C@@H]2O[C@H](CO)C(O)C2O)c(=O)n(CCC#N)c1=O. The van der Waals surface area contributed by atoms with Gasteiger partial charge in [0.1, 0.15) is 24.4 Å². The minimum absolute atomic E-state index is 0.0178. The van der Waals surface area contributed by atoms with E-state index in [-0.39, 0.29) is 31.5 Å². The van der Waals surface area contributed by atoms with Crippen LogP contribution < -0.4 is 11.2 Å². The molecule has 1 aromatic heterocycles. The van der Waals surface area contributed by atoms with Crippen molar-refractivity contribution in [2.75, 3.05) is 6.61 Å². The summed E-state index contributed by atoms with van der Waals surface area (Å²) in [6, 6.07) is 3.73. The topological polar surface area (TPSA) is 162 Å². The smallest absolute Gasteiger partial charge is 0.331 e. The molecule has 0 radical (unpaired) electrons. The summed E-state index contributed by atoms with van der Waals surface area (Å²) in [5.41, 5.74) is -1.51. The predicted octanol–water partition coefficient (Wildman–Crippen LogP) is -2.01. The molecule has 0 bridgehead atoms. The van der Waals surface area contributed by atoms with E-state index < -0.39 is 42.3 Å². The fraction of sp³-hybridized carbons (Fsp3) is 0.600. The van der Waals surface area contributed by atoms with Crippen molar-refractivity contribution in [3.8, 4) is 12.1 Å². The summed E-state index contributed by atoms with van der Waals surface area (Å²) in [5.74, 6) is 0. The maximum Gasteiger partial charge on any atom is 0.331 e. The van der Waals surface area contributed by atoms with Gasteiger partial charge in [0.2, 0.25) is 0 Å². The standard InChI is InChI=1S/C15H18N4O6/c16-3-1-5-18-7-9(13-12(22)11(21)10(8-20)25-13)14(23)19(15(18)24)6-2-4-17/h7,10-13,20-22H,1-2,5-6,8H2/t10-,11?,12?,13+/m1/s1. The van der Waals surface area contributed by atoms with Crippen molar-refractivity contribution < 1.29 is 20.1 Å². The molecule has 0 aromatic carbocycles. The molecule has 0 aliphatic carbocycles. The second-order valence-corrected chi connectivity index (χ2v) is 5.59. The lowest BCUT2D eigenvalue weighted by atomic mass is 10.0. The van der Waals surface area contributed by atoms with Crippen molar-refractivity contribution in [2.45, 2.75) is 50.3 Å². The summed E-state index contributed by atoms with van der Waals surface area (Å²) < 4.78 is 7.32. The van der Waals surface area contributed by atoms with E-state index >= 15 is 0 Å². The molecular weight excluding hydrogens is 332 g/mol. The number of aliphatic hydroxyl groups excluding tert-OH is 3. The quantitative estimate of drug-likeness (QED) is 0.530. The van der Waals surface area contributed by atoms with Crippen molar-refractivity contribution in [3.63, 3.8) is 0 Å². The third-order valence-corrected chi connectivity index (χ3v) is 4.02. The normalized spacial score (nSPS) is 25.5. The number of nitrogens with zero attached hydrogens (tertiary/aromatic N) is 4. The zero-order valence-corrected chi connectivity index (χ0v) is 13.3. The van der Waals surface area contributed by atoms with Crippen LogP contribution in [0.1, 0.15) is 24.5 Å². The van der Waals surface area contributed by atoms with E-state index in [1.165, 1.54) is 6.20 Å². The van der Waals surface area contributed by atoms with Gasteiger partial charge in [-0.1, -0.05) is 0 Å². The summed E-state index contributed by atoms with van der Waals surface area (Å²) in [5, 5.41) is 46.5. The fourth-order valence-corrected chi connectivity index (χ4v) is 2.72. The minimum atomic E-state index is -1.46. The molecule has 1 aliphatic heterocycles. The molecule has 4 atom stereocenters. The highest BCUT2D eigenvalue weighted by Gasteiger charge is 2.44. The molecule has 0 spiro atoms. The summed E-state index contributed by atoms with van der Waals surface area (Å²) in [4.78, 5) is 24.9. The van der Waals surface area contributed by atoms with E-state index in [0.29, 0.717) is 0 Å². The average Bonchev–Trinajstić information content (AvgIpc) is 2.89. The van der Waals surface area contributed by atoms with Gasteiger partial charge in [-0.05, 0) is 0 Å². The molecule has 0 saturated carbocycles. The molecule has 25 heavy (non-hydrogen) atoms. The molecule has 2 heterocycles. The number of aryl methyl sites for hydroxylation is 1. The highest BCUT2D eigenvalue weighted by atomic mass is 16.6. The molecule has 2 rings (SSSR count). The van der Waals surface area contributed by atoms with Crippen molar-refractivity contribution in [1.29, 1.82) is 10.5 Å². The first kappa shape index (κ1) is 18.8. The summed E-state index contributed by atoms with van der Waals surface area (Å²) in [6.45, 7) is -0.682. The molecule has 10 nitrogen and oxygen atoms in total. The van der Waals surface area contributed by atoms with Crippen LogP contribution in [0.15, 0.2) is 15.8 Å². The maximum absolute atomic E-state index is 12.6. The van der Waals surface area contributed by atoms with Crippen LogP contribution in [-0.2, 0) is 17.8 Å². The Labute approximate surface area is 142 Å². The van der Waals surface area contributed by atoms with E-state index in [1.807, 2.05) is 12.1 Å². The van der Waals surface area contributed by atoms with Gasteiger partial charge in [-0.25, -0.2) is 4.79 Å². The third-order valence-electron chi connectivity index (χ3n) is 4.02. The first-order valence-electron chi connectivity index (χ1n) is 7.66. The van der Waals surface area contributed by atoms with Crippen LogP contribution in [0.4, 0.5) is 0 Å². The van der Waals surface area contributed by atoms with Gasteiger partial charge in [-0.15, -0.1) is 0 Å². The summed E-state index contributed by atoms with van der Waals surface area (Å²) in [7, 11) is 0. The Morgan fingerprint density at radius 2 is 1.76 bits per heavy atom. The highest BCUT2D eigenvalue weighted by molar-refractivity contribution is 5.15. The lowest BCUT2D eigenvalue weighted by molar-refractivity contribution is -0.0235. The predicted molar refractivity (Wildman–Crippen MR) is 82.1 cm³/mol. The monoisotopic (exact) mass is 350 g/mol. The molecule has 3 N–H and O–H groups in total. The third kappa shape index (κ3) is 3.62. The Hall–Kier alpha value is -2.50. The van der Waals surface area contributed by atoms with Crippen LogP contribution in [0.25, 0.3) is 0 Å². The van der Waals surface area contributed by atoms with E-state index in [1.54, 1.807) is 0 Å². The molecule has 2 unspecified atom stereocenters. The second-order valence-electron chi connectivity index (χ2n) is 5.59. The van der Waals surface area contributed by atoms with Gasteiger partial charge in [-0.2, -0.15) is 10.5 Å². The van der Waals surface area contributed by atoms with Gasteiger partial charge >= 0.3 is 5.69 Å². The molecule has 1 aliphatic rings. The van der Waals surface area contributed by atoms with E-state index in [4.69, 9.17) is 20.4 Å². The maximum atomic E-state index is 12.6. The van der Waals surface area contributed by atoms with Gasteiger partial charge in [0.25, 0.3) is 5.56 Å². The van der Waals surface area contributed by atoms with Crippen molar-refractivity contribution in [1.82, 2.24) is 9.13 Å². The lowest BCUT2D eigenvalue weighted by Crippen LogP contribution is -2.43. The average molecular weight is 350 g/mol. The van der Waals surface area contributed by atoms with Crippen LogP contribution >= 0.6 is 0 Å². The molecule has 0 amide bonds. The van der Waals surface area contributed by atoms with E-state index in [0.717, 1.165) is 9.13 Å². The first-order valence-corrected chi connectivity index (χ1v) is 7.66. The Morgan fingerprint density at radius 1 is 1.12 bits per heavy atom. The zero-order valence-electron chi connectivity index (χ0n) is 13.3. The number of nitriles is 2. The number of aromatic nitrogens is 2. The highest BCUT2D eigenvalue weighted by Crippen LogP contribution is 2.31. The molecule has 1 aromatic rings. The molecular formula is C15H18N4O6. The Kier molecular flexibility index (Phi) is 6.07. The molecule has 1 fully saturated rings. The van der Waals surface area contributed by atoms with E-state index in [9.17, 15) is 19.8 Å². The van der Waals surface area contributed by atoms with Crippen molar-refractivity contribution in [3.05, 3.63) is 32.6 Å². The number of rotatable bonds is 6. The van der Waals surface area contributed by atoms with Gasteiger partial charge in [0.05, 0.1) is 37.2 Å². The fourth-order valence-electron chi connectivity index (χ4n) is 2.72. The number of hydrogen-bond acceptors (Lipinski definition) is 8. The summed E-state index contributed by atoms with van der Waals surface area (Å²) in [6.07, 6.45) is -4.02. The van der Waals surface area contributed by atoms with Gasteiger partial charge in [0, 0.05) is 19.3 Å². The van der Waals surface area contributed by atoms with Crippen LogP contribution in [-0.4, -0.2) is 49.4 Å². The molecule has 134 valence electrons. The Bertz CT molecular complexity index is 817. The summed E-state index contributed by atoms with van der Waals surface area (Å²) >= 11 is 0. The van der Waals surface area contributed by atoms with E-state index in [2.05, 4.69) is 0 Å². The van der Waals surface area contributed by atoms with Gasteiger partial charge in [0.15, 0.2) is 0 Å². The van der Waals surface area contributed by atoms with Crippen molar-refractivity contribution in [2.24, 2.45) is 0 Å². The second kappa shape index (κ2) is 8.05. The first-order chi connectivity index (χ1) is 12.0.